The minimum atomic E-state index is -0.384. The van der Waals surface area contributed by atoms with Gasteiger partial charge in [-0.15, -0.1) is 0 Å². The van der Waals surface area contributed by atoms with E-state index in [-0.39, 0.29) is 28.4 Å². The molecule has 1 aromatic rings. The van der Waals surface area contributed by atoms with Gasteiger partial charge < -0.3 is 14.9 Å². The average molecular weight is 388 g/mol. The Bertz CT molecular complexity index is 774. The quantitative estimate of drug-likeness (QED) is 0.418. The highest BCUT2D eigenvalue weighted by Crippen LogP contribution is 2.44. The molecule has 152 valence electrons. The second-order valence-electron chi connectivity index (χ2n) is 7.78. The Morgan fingerprint density at radius 1 is 1.32 bits per heavy atom. The van der Waals surface area contributed by atoms with Gasteiger partial charge in [-0.05, 0) is 44.0 Å². The van der Waals surface area contributed by atoms with Crippen LogP contribution in [-0.4, -0.2) is 48.4 Å². The number of hydrogen-bond donors (Lipinski definition) is 1. The molecule has 2 bridgehead atoms. The number of benzene rings is 1. The maximum absolute atomic E-state index is 11.8. The number of fused-ring (bicyclic) bond motifs is 2. The number of nitrogens with one attached hydrogen (secondary N) is 1. The average Bonchev–Trinajstić information content (AvgIpc) is 3.19. The first-order valence-electron chi connectivity index (χ1n) is 10.2. The molecule has 2 atom stereocenters. The molecule has 8 nitrogen and oxygen atoms in total. The summed E-state index contributed by atoms with van der Waals surface area (Å²) in [4.78, 5) is 13.8. The molecular weight excluding hydrogens is 360 g/mol. The lowest BCUT2D eigenvalue weighted by Crippen LogP contribution is -2.56. The number of unbranched alkanes of at least 4 members (excludes halogenated alkanes) is 2. The Labute approximate surface area is 165 Å². The van der Waals surface area contributed by atoms with Crippen LogP contribution in [-0.2, 0) is 0 Å². The number of nitrogens with zero attached hydrogens (tertiary/aromatic N) is 3. The van der Waals surface area contributed by atoms with Gasteiger partial charge in [0.05, 0.1) is 36.4 Å². The number of nitro groups is 1. The summed E-state index contributed by atoms with van der Waals surface area (Å²) in [6.45, 7) is 4.67. The summed E-state index contributed by atoms with van der Waals surface area (Å²) in [5.41, 5.74) is 5.21. The number of hydrazone groups is 1. The van der Waals surface area contributed by atoms with Crippen molar-refractivity contribution in [1.29, 1.82) is 0 Å². The highest BCUT2D eigenvalue weighted by atomic mass is 16.6. The van der Waals surface area contributed by atoms with Crippen LogP contribution < -0.4 is 14.9 Å². The van der Waals surface area contributed by atoms with Crippen molar-refractivity contribution >= 4 is 11.4 Å². The van der Waals surface area contributed by atoms with E-state index in [1.165, 1.54) is 12.8 Å². The van der Waals surface area contributed by atoms with E-state index in [1.807, 2.05) is 6.07 Å². The van der Waals surface area contributed by atoms with Gasteiger partial charge in [-0.25, -0.2) is 0 Å². The second-order valence-corrected chi connectivity index (χ2v) is 7.78. The SMILES string of the molecule is CCCCCOc1c(OC)cc(C2NN=C3C4CCN(CC4)C32)cc1[N+](=O)[O-]. The summed E-state index contributed by atoms with van der Waals surface area (Å²) in [5, 5.41) is 16.4. The zero-order valence-corrected chi connectivity index (χ0v) is 16.5. The molecule has 4 aliphatic rings. The Morgan fingerprint density at radius 2 is 2.11 bits per heavy atom. The van der Waals surface area contributed by atoms with Crippen molar-refractivity contribution in [2.45, 2.75) is 51.1 Å². The molecule has 2 unspecified atom stereocenters. The fraction of sp³-hybridized carbons (Fsp3) is 0.650. The third kappa shape index (κ3) is 3.30. The molecule has 0 radical (unpaired) electrons. The van der Waals surface area contributed by atoms with E-state index >= 15 is 0 Å². The molecule has 0 aliphatic carbocycles. The number of ether oxygens (including phenoxy) is 2. The van der Waals surface area contributed by atoms with Crippen LogP contribution in [0.3, 0.4) is 0 Å². The predicted molar refractivity (Wildman–Crippen MR) is 106 cm³/mol. The Balaban J connectivity index is 1.63. The van der Waals surface area contributed by atoms with Gasteiger partial charge in [0, 0.05) is 12.0 Å². The topological polar surface area (TPSA) is 89.2 Å². The molecule has 0 spiro atoms. The minimum absolute atomic E-state index is 0.0444. The predicted octanol–water partition coefficient (Wildman–Crippen LogP) is 3.27. The van der Waals surface area contributed by atoms with Gasteiger partial charge in [0.2, 0.25) is 5.75 Å². The normalized spacial score (nSPS) is 27.7. The smallest absolute Gasteiger partial charge is 0.315 e. The Kier molecular flexibility index (Phi) is 5.39. The Morgan fingerprint density at radius 3 is 2.79 bits per heavy atom. The first-order valence-corrected chi connectivity index (χ1v) is 10.2. The number of methoxy groups -OCH3 is 1. The van der Waals surface area contributed by atoms with Crippen molar-refractivity contribution in [3.63, 3.8) is 0 Å². The second kappa shape index (κ2) is 7.95. The molecule has 28 heavy (non-hydrogen) atoms. The summed E-state index contributed by atoms with van der Waals surface area (Å²) in [7, 11) is 1.53. The highest BCUT2D eigenvalue weighted by Gasteiger charge is 2.47. The first-order chi connectivity index (χ1) is 13.6. The van der Waals surface area contributed by atoms with Gasteiger partial charge in [0.25, 0.3) is 0 Å². The van der Waals surface area contributed by atoms with Crippen LogP contribution in [0.15, 0.2) is 17.2 Å². The summed E-state index contributed by atoms with van der Waals surface area (Å²) in [6, 6.07) is 3.56. The lowest BCUT2D eigenvalue weighted by atomic mass is 9.78. The Hall–Kier alpha value is -2.35. The maximum Gasteiger partial charge on any atom is 0.315 e. The minimum Gasteiger partial charge on any atom is -0.493 e. The monoisotopic (exact) mass is 388 g/mol. The molecule has 0 amide bonds. The lowest BCUT2D eigenvalue weighted by molar-refractivity contribution is -0.386. The van der Waals surface area contributed by atoms with E-state index < -0.39 is 0 Å². The fourth-order valence-corrected chi connectivity index (χ4v) is 4.66. The van der Waals surface area contributed by atoms with Gasteiger partial charge in [-0.3, -0.25) is 15.0 Å². The molecule has 3 fully saturated rings. The van der Waals surface area contributed by atoms with Crippen LogP contribution in [0.5, 0.6) is 11.5 Å². The van der Waals surface area contributed by atoms with Crippen molar-refractivity contribution in [2.24, 2.45) is 11.0 Å². The lowest BCUT2D eigenvalue weighted by Gasteiger charge is -2.45. The molecule has 5 rings (SSSR count). The molecule has 1 N–H and O–H groups in total. The molecule has 8 heteroatoms. The molecular formula is C20H28N4O4. The van der Waals surface area contributed by atoms with Crippen molar-refractivity contribution in [1.82, 2.24) is 10.3 Å². The molecule has 4 heterocycles. The van der Waals surface area contributed by atoms with E-state index in [4.69, 9.17) is 9.47 Å². The number of nitro benzene ring substituents is 1. The van der Waals surface area contributed by atoms with E-state index in [9.17, 15) is 10.1 Å². The summed E-state index contributed by atoms with van der Waals surface area (Å²) in [6.07, 6.45) is 5.25. The van der Waals surface area contributed by atoms with E-state index in [2.05, 4.69) is 22.4 Å². The van der Waals surface area contributed by atoms with Crippen LogP contribution in [0.2, 0.25) is 0 Å². The van der Waals surface area contributed by atoms with Crippen molar-refractivity contribution in [3.8, 4) is 11.5 Å². The van der Waals surface area contributed by atoms with Crippen LogP contribution >= 0.6 is 0 Å². The zero-order valence-electron chi connectivity index (χ0n) is 16.5. The van der Waals surface area contributed by atoms with Crippen LogP contribution in [0.25, 0.3) is 0 Å². The third-order valence-corrected chi connectivity index (χ3v) is 6.12. The van der Waals surface area contributed by atoms with Crippen LogP contribution in [0.4, 0.5) is 5.69 Å². The molecule has 1 aromatic carbocycles. The molecule has 3 saturated heterocycles. The zero-order chi connectivity index (χ0) is 19.7. The first kappa shape index (κ1) is 19.0. The largest absolute Gasteiger partial charge is 0.493 e. The molecule has 0 saturated carbocycles. The van der Waals surface area contributed by atoms with Crippen LogP contribution in [0, 0.1) is 16.0 Å². The standard InChI is InChI=1S/C20H28N4O4/c1-3-4-5-10-28-20-15(24(25)26)11-14(12-16(20)27-2)18-19-17(21-22-18)13-6-8-23(19)9-7-13/h11-13,18-19,22H,3-10H2,1-2H3. The molecule has 0 aromatic heterocycles. The van der Waals surface area contributed by atoms with E-state index in [1.54, 1.807) is 6.07 Å². The number of piperidine rings is 3. The summed E-state index contributed by atoms with van der Waals surface area (Å²) < 4.78 is 11.3. The number of hydrogen-bond acceptors (Lipinski definition) is 7. The molecule has 4 aliphatic heterocycles. The van der Waals surface area contributed by atoms with E-state index in [0.29, 0.717) is 18.3 Å². The highest BCUT2D eigenvalue weighted by molar-refractivity contribution is 5.95. The fourth-order valence-electron chi connectivity index (χ4n) is 4.66. The van der Waals surface area contributed by atoms with E-state index in [0.717, 1.165) is 50.8 Å². The van der Waals surface area contributed by atoms with Gasteiger partial charge >= 0.3 is 5.69 Å². The summed E-state index contributed by atoms with van der Waals surface area (Å²) in [5.74, 6) is 1.16. The maximum atomic E-state index is 11.8. The number of rotatable bonds is 8. The van der Waals surface area contributed by atoms with Crippen molar-refractivity contribution in [3.05, 3.63) is 27.8 Å². The van der Waals surface area contributed by atoms with Gasteiger partial charge in [0.15, 0.2) is 5.75 Å². The van der Waals surface area contributed by atoms with Gasteiger partial charge in [0.1, 0.15) is 0 Å². The van der Waals surface area contributed by atoms with Gasteiger partial charge in [-0.2, -0.15) is 5.10 Å². The van der Waals surface area contributed by atoms with Crippen molar-refractivity contribution < 1.29 is 14.4 Å². The summed E-state index contributed by atoms with van der Waals surface area (Å²) >= 11 is 0. The third-order valence-electron chi connectivity index (χ3n) is 6.12. The van der Waals surface area contributed by atoms with Crippen molar-refractivity contribution in [2.75, 3.05) is 26.8 Å². The van der Waals surface area contributed by atoms with Crippen LogP contribution in [0.1, 0.15) is 50.6 Å². The van der Waals surface area contributed by atoms with Gasteiger partial charge in [-0.1, -0.05) is 19.8 Å².